The fraction of sp³-hybridized carbons (Fsp3) is 0.560. The van der Waals surface area contributed by atoms with E-state index in [1.807, 2.05) is 18.3 Å². The third-order valence-corrected chi connectivity index (χ3v) is 8.09. The summed E-state index contributed by atoms with van der Waals surface area (Å²) in [5, 5.41) is 1.33. The van der Waals surface area contributed by atoms with Gasteiger partial charge in [-0.05, 0) is 50.1 Å². The van der Waals surface area contributed by atoms with Gasteiger partial charge in [0.25, 0.3) is 0 Å². The molecule has 1 aliphatic heterocycles. The standard InChI is InChI=1S/C25H35N3OS/c1-29-24-13-6-5-12-23(24)28-19-17-27(18-20-28)16-14-25(22-11-7-8-15-26-22)30-21-9-3-2-4-10-21/h5-8,11-13,15,21,25H,2-4,9-10,14,16-20H2,1H3. The van der Waals surface area contributed by atoms with Crippen LogP contribution in [0.3, 0.4) is 0 Å². The van der Waals surface area contributed by atoms with E-state index in [0.717, 1.165) is 43.7 Å². The molecule has 1 saturated heterocycles. The van der Waals surface area contributed by atoms with Crippen LogP contribution in [0.2, 0.25) is 0 Å². The molecule has 2 heterocycles. The highest BCUT2D eigenvalue weighted by atomic mass is 32.2. The van der Waals surface area contributed by atoms with Crippen molar-refractivity contribution in [2.75, 3.05) is 44.7 Å². The van der Waals surface area contributed by atoms with Crippen LogP contribution in [-0.4, -0.2) is 55.0 Å². The summed E-state index contributed by atoms with van der Waals surface area (Å²) in [6, 6.07) is 14.8. The molecule has 1 aromatic heterocycles. The molecule has 1 saturated carbocycles. The van der Waals surface area contributed by atoms with Crippen molar-refractivity contribution in [3.05, 3.63) is 54.4 Å². The number of nitrogens with zero attached hydrogens (tertiary/aromatic N) is 3. The van der Waals surface area contributed by atoms with Gasteiger partial charge in [-0.3, -0.25) is 9.88 Å². The van der Waals surface area contributed by atoms with Gasteiger partial charge in [0, 0.05) is 42.9 Å². The first kappa shape index (κ1) is 21.5. The van der Waals surface area contributed by atoms with Crippen molar-refractivity contribution >= 4 is 17.4 Å². The summed E-state index contributed by atoms with van der Waals surface area (Å²) in [5.74, 6) is 0.977. The summed E-state index contributed by atoms with van der Waals surface area (Å²) in [6.45, 7) is 5.50. The Bertz CT molecular complexity index is 758. The minimum atomic E-state index is 0.515. The molecule has 2 aliphatic rings. The maximum atomic E-state index is 5.56. The number of hydrogen-bond acceptors (Lipinski definition) is 5. The number of rotatable bonds is 8. The summed E-state index contributed by atoms with van der Waals surface area (Å²) < 4.78 is 5.56. The molecule has 30 heavy (non-hydrogen) atoms. The molecule has 2 fully saturated rings. The molecule has 4 rings (SSSR count). The zero-order valence-corrected chi connectivity index (χ0v) is 19.0. The summed E-state index contributed by atoms with van der Waals surface area (Å²) in [7, 11) is 1.76. The normalized spacial score (nSPS) is 19.6. The average molecular weight is 426 g/mol. The van der Waals surface area contributed by atoms with Crippen LogP contribution in [0.1, 0.15) is 49.5 Å². The van der Waals surface area contributed by atoms with Gasteiger partial charge >= 0.3 is 0 Å². The topological polar surface area (TPSA) is 28.6 Å². The molecule has 0 bridgehead atoms. The van der Waals surface area contributed by atoms with Crippen LogP contribution in [0.25, 0.3) is 0 Å². The third kappa shape index (κ3) is 5.70. The Balaban J connectivity index is 1.31. The second kappa shape index (κ2) is 11.1. The van der Waals surface area contributed by atoms with Crippen LogP contribution in [0, 0.1) is 0 Å². The predicted molar refractivity (Wildman–Crippen MR) is 128 cm³/mol. The number of aromatic nitrogens is 1. The van der Waals surface area contributed by atoms with Gasteiger partial charge in [-0.1, -0.05) is 37.5 Å². The predicted octanol–water partition coefficient (Wildman–Crippen LogP) is 5.41. The number of benzene rings is 1. The van der Waals surface area contributed by atoms with Crippen molar-refractivity contribution in [2.45, 2.75) is 49.0 Å². The Morgan fingerprint density at radius 1 is 1.00 bits per heavy atom. The molecular weight excluding hydrogens is 390 g/mol. The lowest BCUT2D eigenvalue weighted by Gasteiger charge is -2.37. The average Bonchev–Trinajstić information content (AvgIpc) is 2.83. The Morgan fingerprint density at radius 2 is 1.77 bits per heavy atom. The van der Waals surface area contributed by atoms with Gasteiger partial charge in [0.15, 0.2) is 0 Å². The number of pyridine rings is 1. The highest BCUT2D eigenvalue weighted by Gasteiger charge is 2.24. The number of piperazine rings is 1. The van der Waals surface area contributed by atoms with Gasteiger partial charge < -0.3 is 9.64 Å². The Hall–Kier alpha value is -1.72. The zero-order valence-electron chi connectivity index (χ0n) is 18.2. The molecule has 0 N–H and O–H groups in total. The molecule has 1 aromatic carbocycles. The van der Waals surface area contributed by atoms with Crippen molar-refractivity contribution in [2.24, 2.45) is 0 Å². The van der Waals surface area contributed by atoms with Gasteiger partial charge in [-0.15, -0.1) is 11.8 Å². The number of ether oxygens (including phenoxy) is 1. The minimum Gasteiger partial charge on any atom is -0.495 e. The Kier molecular flexibility index (Phi) is 7.93. The van der Waals surface area contributed by atoms with Crippen LogP contribution in [0.4, 0.5) is 5.69 Å². The van der Waals surface area contributed by atoms with Gasteiger partial charge in [0.2, 0.25) is 0 Å². The molecule has 5 heteroatoms. The highest BCUT2D eigenvalue weighted by molar-refractivity contribution is 8.00. The number of thioether (sulfide) groups is 1. The molecular formula is C25H35N3OS. The number of anilines is 1. The lowest BCUT2D eigenvalue weighted by atomic mass is 10.0. The molecule has 1 atom stereocenters. The molecule has 1 unspecified atom stereocenters. The van der Waals surface area contributed by atoms with E-state index in [-0.39, 0.29) is 0 Å². The molecule has 1 aliphatic carbocycles. The maximum Gasteiger partial charge on any atom is 0.142 e. The van der Waals surface area contributed by atoms with E-state index < -0.39 is 0 Å². The summed E-state index contributed by atoms with van der Waals surface area (Å²) in [4.78, 5) is 9.81. The quantitative estimate of drug-likeness (QED) is 0.564. The van der Waals surface area contributed by atoms with E-state index in [1.54, 1.807) is 7.11 Å². The third-order valence-electron chi connectivity index (χ3n) is 6.43. The Labute approximate surface area is 186 Å². The largest absolute Gasteiger partial charge is 0.495 e. The first-order chi connectivity index (χ1) is 14.8. The molecule has 4 nitrogen and oxygen atoms in total. The van der Waals surface area contributed by atoms with Crippen LogP contribution in [0.5, 0.6) is 5.75 Å². The van der Waals surface area contributed by atoms with Gasteiger partial charge in [0.1, 0.15) is 5.75 Å². The fourth-order valence-corrected chi connectivity index (χ4v) is 6.28. The minimum absolute atomic E-state index is 0.515. The molecule has 2 aromatic rings. The van der Waals surface area contributed by atoms with Crippen molar-refractivity contribution < 1.29 is 4.74 Å². The van der Waals surface area contributed by atoms with Crippen molar-refractivity contribution in [1.82, 2.24) is 9.88 Å². The summed E-state index contributed by atoms with van der Waals surface area (Å²) in [6.07, 6.45) is 10.1. The van der Waals surface area contributed by atoms with Crippen LogP contribution >= 0.6 is 11.8 Å². The SMILES string of the molecule is COc1ccccc1N1CCN(CCC(SC2CCCCC2)c2ccccn2)CC1. The van der Waals surface area contributed by atoms with Crippen molar-refractivity contribution in [3.8, 4) is 5.75 Å². The van der Waals surface area contributed by atoms with Gasteiger partial charge in [-0.2, -0.15) is 0 Å². The molecule has 0 amide bonds. The molecule has 0 radical (unpaired) electrons. The molecule has 0 spiro atoms. The maximum absolute atomic E-state index is 5.56. The fourth-order valence-electron chi connectivity index (χ4n) is 4.69. The van der Waals surface area contributed by atoms with Gasteiger partial charge in [0.05, 0.1) is 18.5 Å². The highest BCUT2D eigenvalue weighted by Crippen LogP contribution is 2.40. The number of hydrogen-bond donors (Lipinski definition) is 0. The van der Waals surface area contributed by atoms with Crippen molar-refractivity contribution in [1.29, 1.82) is 0 Å². The lowest BCUT2D eigenvalue weighted by molar-refractivity contribution is 0.253. The molecule has 162 valence electrons. The van der Waals surface area contributed by atoms with E-state index in [0.29, 0.717) is 5.25 Å². The van der Waals surface area contributed by atoms with E-state index >= 15 is 0 Å². The lowest BCUT2D eigenvalue weighted by Crippen LogP contribution is -2.46. The van der Waals surface area contributed by atoms with Crippen LogP contribution in [0.15, 0.2) is 48.7 Å². The van der Waals surface area contributed by atoms with Crippen LogP contribution in [-0.2, 0) is 0 Å². The second-order valence-corrected chi connectivity index (χ2v) is 9.94. The Morgan fingerprint density at radius 3 is 2.50 bits per heavy atom. The van der Waals surface area contributed by atoms with Crippen LogP contribution < -0.4 is 9.64 Å². The monoisotopic (exact) mass is 425 g/mol. The second-order valence-electron chi connectivity index (χ2n) is 8.43. The van der Waals surface area contributed by atoms with E-state index in [2.05, 4.69) is 51.9 Å². The number of para-hydroxylation sites is 2. The zero-order chi connectivity index (χ0) is 20.6. The summed E-state index contributed by atoms with van der Waals surface area (Å²) in [5.41, 5.74) is 2.49. The van der Waals surface area contributed by atoms with Crippen molar-refractivity contribution in [3.63, 3.8) is 0 Å². The first-order valence-electron chi connectivity index (χ1n) is 11.5. The number of methoxy groups -OCH3 is 1. The van der Waals surface area contributed by atoms with E-state index in [4.69, 9.17) is 9.72 Å². The van der Waals surface area contributed by atoms with E-state index in [1.165, 1.54) is 49.9 Å². The van der Waals surface area contributed by atoms with Gasteiger partial charge in [-0.25, -0.2) is 0 Å². The summed E-state index contributed by atoms with van der Waals surface area (Å²) >= 11 is 2.19. The first-order valence-corrected chi connectivity index (χ1v) is 12.4. The van der Waals surface area contributed by atoms with E-state index in [9.17, 15) is 0 Å². The smallest absolute Gasteiger partial charge is 0.142 e.